The van der Waals surface area contributed by atoms with E-state index in [1.807, 2.05) is 0 Å². The van der Waals surface area contributed by atoms with Crippen molar-refractivity contribution in [2.75, 3.05) is 33.4 Å². The van der Waals surface area contributed by atoms with Crippen LogP contribution >= 0.6 is 0 Å². The Labute approximate surface area is 176 Å². The van der Waals surface area contributed by atoms with Gasteiger partial charge in [-0.3, -0.25) is 4.90 Å². The summed E-state index contributed by atoms with van der Waals surface area (Å²) in [6, 6.07) is 6.78. The fourth-order valence-corrected chi connectivity index (χ4v) is 8.00. The van der Waals surface area contributed by atoms with Crippen molar-refractivity contribution < 1.29 is 9.47 Å². The Morgan fingerprint density at radius 2 is 1.79 bits per heavy atom. The van der Waals surface area contributed by atoms with Gasteiger partial charge in [-0.15, -0.1) is 0 Å². The summed E-state index contributed by atoms with van der Waals surface area (Å²) < 4.78 is 11.2. The molecule has 6 rings (SSSR count). The number of benzene rings is 1. The van der Waals surface area contributed by atoms with Crippen LogP contribution in [0.3, 0.4) is 0 Å². The Balaban J connectivity index is 1.30. The lowest BCUT2D eigenvalue weighted by Crippen LogP contribution is -2.63. The minimum atomic E-state index is 0.354. The highest BCUT2D eigenvalue weighted by atomic mass is 16.5. The Morgan fingerprint density at radius 1 is 1.07 bits per heavy atom. The molecule has 4 aliphatic carbocycles. The van der Waals surface area contributed by atoms with Gasteiger partial charge in [0.1, 0.15) is 5.75 Å². The Morgan fingerprint density at radius 3 is 2.45 bits per heavy atom. The van der Waals surface area contributed by atoms with E-state index in [0.29, 0.717) is 16.4 Å². The number of methoxy groups -OCH3 is 1. The number of hydrogen-bond acceptors (Lipinski definition) is 4. The van der Waals surface area contributed by atoms with Gasteiger partial charge in [0.15, 0.2) is 0 Å². The minimum absolute atomic E-state index is 0.354. The summed E-state index contributed by atoms with van der Waals surface area (Å²) in [5.41, 5.74) is 4.16. The van der Waals surface area contributed by atoms with Crippen LogP contribution in [0.2, 0.25) is 0 Å². The molecular weight excluding hydrogens is 360 g/mol. The third kappa shape index (κ3) is 3.96. The number of rotatable bonds is 6. The second kappa shape index (κ2) is 7.25. The zero-order valence-corrected chi connectivity index (χ0v) is 18.6. The van der Waals surface area contributed by atoms with Crippen molar-refractivity contribution in [3.05, 3.63) is 29.3 Å². The average Bonchev–Trinajstić information content (AvgIpc) is 2.65. The smallest absolute Gasteiger partial charge is 0.123 e. The first-order chi connectivity index (χ1) is 13.9. The summed E-state index contributed by atoms with van der Waals surface area (Å²) in [7, 11) is 1.78. The fourth-order valence-electron chi connectivity index (χ4n) is 8.00. The molecule has 0 spiro atoms. The van der Waals surface area contributed by atoms with Crippen molar-refractivity contribution in [1.82, 2.24) is 10.2 Å². The van der Waals surface area contributed by atoms with Crippen molar-refractivity contribution in [3.8, 4) is 5.75 Å². The first-order valence-electron chi connectivity index (χ1n) is 11.6. The quantitative estimate of drug-likeness (QED) is 0.772. The zero-order valence-electron chi connectivity index (χ0n) is 18.6. The average molecular weight is 399 g/mol. The van der Waals surface area contributed by atoms with Crippen molar-refractivity contribution >= 4 is 0 Å². The molecule has 2 atom stereocenters. The molecular formula is C25H38N2O2. The summed E-state index contributed by atoms with van der Waals surface area (Å²) in [5, 5.41) is 4.09. The predicted molar refractivity (Wildman–Crippen MR) is 116 cm³/mol. The highest BCUT2D eigenvalue weighted by Crippen LogP contribution is 2.66. The minimum Gasteiger partial charge on any atom is -0.496 e. The van der Waals surface area contributed by atoms with Gasteiger partial charge in [0.2, 0.25) is 0 Å². The summed E-state index contributed by atoms with van der Waals surface area (Å²) in [6.07, 6.45) is 8.46. The summed E-state index contributed by atoms with van der Waals surface area (Å²) >= 11 is 0. The Kier molecular flexibility index (Phi) is 4.96. The molecule has 1 saturated heterocycles. The van der Waals surface area contributed by atoms with Gasteiger partial charge in [0, 0.05) is 37.3 Å². The second-order valence-corrected chi connectivity index (χ2v) is 11.3. The van der Waals surface area contributed by atoms with Gasteiger partial charge in [-0.25, -0.2) is 0 Å². The van der Waals surface area contributed by atoms with E-state index >= 15 is 0 Å². The molecule has 4 bridgehead atoms. The summed E-state index contributed by atoms with van der Waals surface area (Å²) in [4.78, 5) is 2.47. The lowest BCUT2D eigenvalue weighted by molar-refractivity contribution is -0.118. The number of hydrogen-bond donors (Lipinski definition) is 1. The molecule has 4 nitrogen and oxygen atoms in total. The SMILES string of the molecule is COc1ccc(CNC23CC4CC(C)(CC(C)(C4)C2)C3)cc1CN1CCOCC1. The lowest BCUT2D eigenvalue weighted by Gasteiger charge is -2.65. The van der Waals surface area contributed by atoms with Crippen molar-refractivity contribution in [2.24, 2.45) is 16.7 Å². The lowest BCUT2D eigenvalue weighted by atomic mass is 9.43. The predicted octanol–water partition coefficient (Wildman–Crippen LogP) is 4.37. The third-order valence-corrected chi connectivity index (χ3v) is 8.14. The molecule has 5 aliphatic rings. The highest BCUT2D eigenvalue weighted by Gasteiger charge is 2.59. The van der Waals surface area contributed by atoms with Crippen LogP contribution in [-0.4, -0.2) is 43.9 Å². The molecule has 4 saturated carbocycles. The van der Waals surface area contributed by atoms with E-state index in [-0.39, 0.29) is 0 Å². The molecule has 1 heterocycles. The maximum absolute atomic E-state index is 5.67. The standard InChI is InChI=1S/C25H38N2O2/c1-23-11-20-12-24(2,16-23)18-25(13-20,17-23)26-14-19-4-5-22(28-3)21(10-19)15-27-6-8-29-9-7-27/h4-5,10,20,26H,6-9,11-18H2,1-3H3. The molecule has 0 amide bonds. The van der Waals surface area contributed by atoms with Gasteiger partial charge in [0.25, 0.3) is 0 Å². The van der Waals surface area contributed by atoms with Crippen molar-refractivity contribution in [1.29, 1.82) is 0 Å². The topological polar surface area (TPSA) is 33.7 Å². The molecule has 1 aliphatic heterocycles. The second-order valence-electron chi connectivity index (χ2n) is 11.3. The van der Waals surface area contributed by atoms with Crippen LogP contribution in [0.1, 0.15) is 63.5 Å². The van der Waals surface area contributed by atoms with Crippen LogP contribution in [0.5, 0.6) is 5.75 Å². The number of nitrogens with one attached hydrogen (secondary N) is 1. The van der Waals surface area contributed by atoms with Crippen LogP contribution in [0.15, 0.2) is 18.2 Å². The van der Waals surface area contributed by atoms with Gasteiger partial charge in [-0.2, -0.15) is 0 Å². The van der Waals surface area contributed by atoms with E-state index in [4.69, 9.17) is 9.47 Å². The van der Waals surface area contributed by atoms with Crippen LogP contribution in [-0.2, 0) is 17.8 Å². The van der Waals surface area contributed by atoms with Gasteiger partial charge in [-0.05, 0) is 73.0 Å². The van der Waals surface area contributed by atoms with Crippen LogP contribution in [0, 0.1) is 16.7 Å². The van der Waals surface area contributed by atoms with Gasteiger partial charge >= 0.3 is 0 Å². The van der Waals surface area contributed by atoms with E-state index in [1.165, 1.54) is 49.7 Å². The molecule has 1 aromatic rings. The third-order valence-electron chi connectivity index (χ3n) is 8.14. The molecule has 160 valence electrons. The van der Waals surface area contributed by atoms with E-state index in [9.17, 15) is 0 Å². The first-order valence-corrected chi connectivity index (χ1v) is 11.6. The largest absolute Gasteiger partial charge is 0.496 e. The number of ether oxygens (including phenoxy) is 2. The maximum Gasteiger partial charge on any atom is 0.123 e. The van der Waals surface area contributed by atoms with Gasteiger partial charge in [-0.1, -0.05) is 19.9 Å². The van der Waals surface area contributed by atoms with E-state index in [2.05, 4.69) is 42.3 Å². The monoisotopic (exact) mass is 398 g/mol. The van der Waals surface area contributed by atoms with Crippen LogP contribution in [0.25, 0.3) is 0 Å². The normalized spacial score (nSPS) is 39.1. The van der Waals surface area contributed by atoms with Crippen LogP contribution in [0.4, 0.5) is 0 Å². The Bertz CT molecular complexity index is 739. The van der Waals surface area contributed by atoms with Crippen molar-refractivity contribution in [3.63, 3.8) is 0 Å². The van der Waals surface area contributed by atoms with Gasteiger partial charge < -0.3 is 14.8 Å². The van der Waals surface area contributed by atoms with E-state index < -0.39 is 0 Å². The van der Waals surface area contributed by atoms with E-state index in [1.54, 1.807) is 7.11 Å². The van der Waals surface area contributed by atoms with E-state index in [0.717, 1.165) is 51.1 Å². The summed E-state index contributed by atoms with van der Waals surface area (Å²) in [5.74, 6) is 1.94. The Hall–Kier alpha value is -1.10. The number of nitrogens with zero attached hydrogens (tertiary/aromatic N) is 1. The molecule has 0 aromatic heterocycles. The number of morpholine rings is 1. The molecule has 2 unspecified atom stereocenters. The zero-order chi connectivity index (χ0) is 20.1. The maximum atomic E-state index is 5.67. The highest BCUT2D eigenvalue weighted by molar-refractivity contribution is 5.37. The molecule has 5 fully saturated rings. The fraction of sp³-hybridized carbons (Fsp3) is 0.760. The van der Waals surface area contributed by atoms with Gasteiger partial charge in [0.05, 0.1) is 20.3 Å². The molecule has 0 radical (unpaired) electrons. The molecule has 1 aromatic carbocycles. The molecule has 29 heavy (non-hydrogen) atoms. The van der Waals surface area contributed by atoms with Crippen molar-refractivity contribution in [2.45, 2.75) is 71.0 Å². The summed E-state index contributed by atoms with van der Waals surface area (Å²) in [6.45, 7) is 10.7. The molecule has 1 N–H and O–H groups in total. The first kappa shape index (κ1) is 19.8. The van der Waals surface area contributed by atoms with Crippen LogP contribution < -0.4 is 10.1 Å². The molecule has 4 heteroatoms.